The van der Waals surface area contributed by atoms with Crippen molar-refractivity contribution >= 4 is 42.6 Å². The monoisotopic (exact) mass is 450 g/mol. The van der Waals surface area contributed by atoms with Crippen molar-refractivity contribution in [1.29, 1.82) is 0 Å². The molecule has 160 valence electrons. The van der Waals surface area contributed by atoms with Crippen molar-refractivity contribution in [2.24, 2.45) is 0 Å². The molecular formula is C20H22N2O6S2. The molecule has 0 unspecified atom stereocenters. The van der Waals surface area contributed by atoms with Gasteiger partial charge >= 0.3 is 5.97 Å². The van der Waals surface area contributed by atoms with E-state index >= 15 is 0 Å². The van der Waals surface area contributed by atoms with Crippen molar-refractivity contribution in [3.63, 3.8) is 0 Å². The molecule has 0 radical (unpaired) electrons. The molecule has 0 aliphatic rings. The van der Waals surface area contributed by atoms with Crippen LogP contribution in [0.15, 0.2) is 47.4 Å². The number of nitrogens with one attached hydrogen (secondary N) is 1. The van der Waals surface area contributed by atoms with Crippen LogP contribution >= 0.6 is 0 Å². The van der Waals surface area contributed by atoms with E-state index in [2.05, 4.69) is 4.72 Å². The Bertz CT molecular complexity index is 1340. The van der Waals surface area contributed by atoms with E-state index in [0.29, 0.717) is 10.9 Å². The zero-order valence-corrected chi connectivity index (χ0v) is 18.6. The Labute approximate surface area is 175 Å². The lowest BCUT2D eigenvalue weighted by molar-refractivity contribution is 0.0518. The highest BCUT2D eigenvalue weighted by atomic mass is 32.2. The predicted octanol–water partition coefficient (Wildman–Crippen LogP) is 3.04. The van der Waals surface area contributed by atoms with Gasteiger partial charge in [-0.05, 0) is 56.7 Å². The maximum atomic E-state index is 13.4. The van der Waals surface area contributed by atoms with Crippen molar-refractivity contribution in [3.05, 3.63) is 59.3 Å². The lowest BCUT2D eigenvalue weighted by Crippen LogP contribution is -2.20. The van der Waals surface area contributed by atoms with Crippen molar-refractivity contribution in [3.8, 4) is 0 Å². The smallest absolute Gasteiger partial charge is 0.356 e. The summed E-state index contributed by atoms with van der Waals surface area (Å²) in [5.41, 5.74) is 1.68. The number of sulfonamides is 1. The summed E-state index contributed by atoms with van der Waals surface area (Å²) in [6, 6.07) is 10.7. The van der Waals surface area contributed by atoms with Crippen LogP contribution in [0.1, 0.15) is 28.5 Å². The summed E-state index contributed by atoms with van der Waals surface area (Å²) in [7, 11) is -7.76. The van der Waals surface area contributed by atoms with Gasteiger partial charge in [0.05, 0.1) is 29.0 Å². The zero-order valence-electron chi connectivity index (χ0n) is 17.0. The molecule has 0 bridgehead atoms. The molecule has 0 amide bonds. The summed E-state index contributed by atoms with van der Waals surface area (Å²) < 4.78 is 58.7. The van der Waals surface area contributed by atoms with E-state index in [1.165, 1.54) is 24.3 Å². The summed E-state index contributed by atoms with van der Waals surface area (Å²) in [4.78, 5) is 12.5. The van der Waals surface area contributed by atoms with Crippen molar-refractivity contribution in [1.82, 2.24) is 3.97 Å². The second-order valence-electron chi connectivity index (χ2n) is 6.93. The second-order valence-corrected chi connectivity index (χ2v) is 10.5. The van der Waals surface area contributed by atoms with Crippen LogP contribution in [0.5, 0.6) is 0 Å². The van der Waals surface area contributed by atoms with Gasteiger partial charge in [0, 0.05) is 5.39 Å². The molecule has 0 spiro atoms. The lowest BCUT2D eigenvalue weighted by Gasteiger charge is -2.13. The molecule has 1 heterocycles. The average Bonchev–Trinajstić information content (AvgIpc) is 3.00. The largest absolute Gasteiger partial charge is 0.461 e. The highest BCUT2D eigenvalue weighted by Gasteiger charge is 2.28. The molecule has 0 aliphatic carbocycles. The Morgan fingerprint density at radius 2 is 1.67 bits per heavy atom. The van der Waals surface area contributed by atoms with Crippen molar-refractivity contribution < 1.29 is 26.4 Å². The summed E-state index contributed by atoms with van der Waals surface area (Å²) in [6.07, 6.45) is 1.00. The van der Waals surface area contributed by atoms with E-state index in [0.717, 1.165) is 15.8 Å². The Hall–Kier alpha value is -2.85. The third-order valence-electron chi connectivity index (χ3n) is 4.44. The van der Waals surface area contributed by atoms with E-state index in [-0.39, 0.29) is 28.4 Å². The number of aromatic nitrogens is 1. The van der Waals surface area contributed by atoms with Gasteiger partial charge in [0.2, 0.25) is 10.0 Å². The van der Waals surface area contributed by atoms with Gasteiger partial charge in [-0.3, -0.25) is 4.72 Å². The number of fused-ring (bicyclic) bond motifs is 1. The van der Waals surface area contributed by atoms with E-state index in [1.54, 1.807) is 32.0 Å². The van der Waals surface area contributed by atoms with Crippen molar-refractivity contribution in [2.75, 3.05) is 17.6 Å². The van der Waals surface area contributed by atoms with E-state index in [4.69, 9.17) is 4.74 Å². The van der Waals surface area contributed by atoms with Crippen LogP contribution < -0.4 is 4.72 Å². The molecule has 8 nitrogen and oxygen atoms in total. The van der Waals surface area contributed by atoms with E-state index in [1.807, 2.05) is 6.92 Å². The minimum Gasteiger partial charge on any atom is -0.461 e. The lowest BCUT2D eigenvalue weighted by atomic mass is 10.1. The summed E-state index contributed by atoms with van der Waals surface area (Å²) in [6.45, 7) is 5.21. The van der Waals surface area contributed by atoms with Crippen LogP contribution in [-0.4, -0.2) is 39.6 Å². The fraction of sp³-hybridized carbons (Fsp3) is 0.250. The minimum absolute atomic E-state index is 0.00524. The molecule has 0 saturated carbocycles. The predicted molar refractivity (Wildman–Crippen MR) is 115 cm³/mol. The van der Waals surface area contributed by atoms with Crippen LogP contribution in [-0.2, 0) is 24.8 Å². The first-order valence-electron chi connectivity index (χ1n) is 9.07. The molecule has 0 aliphatic heterocycles. The zero-order chi connectivity index (χ0) is 22.3. The number of aryl methyl sites for hydroxylation is 2. The van der Waals surface area contributed by atoms with Crippen LogP contribution in [0.4, 0.5) is 5.69 Å². The second kappa shape index (κ2) is 7.77. The molecular weight excluding hydrogens is 428 g/mol. The van der Waals surface area contributed by atoms with Gasteiger partial charge in [0.1, 0.15) is 5.69 Å². The molecule has 2 aromatic carbocycles. The Morgan fingerprint density at radius 3 is 2.23 bits per heavy atom. The standard InChI is InChI=1S/C20H22N2O6S2/c1-5-28-20(23)19-11-15-10-14(3)17(21-29(4,24)25)12-18(15)22(19)30(26,27)16-8-6-13(2)7-9-16/h6-12,21H,5H2,1-4H3. The number of carbonyl (C=O) groups excluding carboxylic acids is 1. The fourth-order valence-electron chi connectivity index (χ4n) is 3.08. The number of ether oxygens (including phenoxy) is 1. The minimum atomic E-state index is -4.17. The van der Waals surface area contributed by atoms with Gasteiger partial charge in [-0.15, -0.1) is 0 Å². The number of anilines is 1. The first kappa shape index (κ1) is 21.8. The molecule has 0 saturated heterocycles. The van der Waals surface area contributed by atoms with Gasteiger partial charge in [0.15, 0.2) is 0 Å². The van der Waals surface area contributed by atoms with Gasteiger partial charge in [0.25, 0.3) is 10.0 Å². The molecule has 0 atom stereocenters. The maximum Gasteiger partial charge on any atom is 0.356 e. The van der Waals surface area contributed by atoms with Crippen molar-refractivity contribution in [2.45, 2.75) is 25.7 Å². The highest BCUT2D eigenvalue weighted by Crippen LogP contribution is 2.31. The molecule has 1 aromatic heterocycles. The van der Waals surface area contributed by atoms with Crippen LogP contribution in [0.2, 0.25) is 0 Å². The highest BCUT2D eigenvalue weighted by molar-refractivity contribution is 7.92. The van der Waals surface area contributed by atoms with Gasteiger partial charge < -0.3 is 4.74 Å². The average molecular weight is 451 g/mol. The third-order valence-corrected chi connectivity index (χ3v) is 6.78. The fourth-order valence-corrected chi connectivity index (χ4v) is 5.19. The van der Waals surface area contributed by atoms with Crippen LogP contribution in [0.25, 0.3) is 10.9 Å². The summed E-state index contributed by atoms with van der Waals surface area (Å²) >= 11 is 0. The number of esters is 1. The van der Waals surface area contributed by atoms with Gasteiger partial charge in [-0.1, -0.05) is 17.7 Å². The summed E-state index contributed by atoms with van der Waals surface area (Å²) in [5, 5.41) is 0.463. The molecule has 1 N–H and O–H groups in total. The van der Waals surface area contributed by atoms with Gasteiger partial charge in [-0.25, -0.2) is 25.6 Å². The van der Waals surface area contributed by atoms with Crippen LogP contribution in [0.3, 0.4) is 0 Å². The number of carbonyl (C=O) groups is 1. The molecule has 3 aromatic rings. The molecule has 0 fully saturated rings. The normalized spacial score (nSPS) is 12.1. The van der Waals surface area contributed by atoms with E-state index in [9.17, 15) is 21.6 Å². The molecule has 30 heavy (non-hydrogen) atoms. The van der Waals surface area contributed by atoms with Crippen LogP contribution in [0, 0.1) is 13.8 Å². The van der Waals surface area contributed by atoms with Gasteiger partial charge in [-0.2, -0.15) is 0 Å². The molecule has 3 rings (SSSR count). The maximum absolute atomic E-state index is 13.4. The van der Waals surface area contributed by atoms with E-state index < -0.39 is 26.0 Å². The number of hydrogen-bond donors (Lipinski definition) is 1. The number of hydrogen-bond acceptors (Lipinski definition) is 6. The summed E-state index contributed by atoms with van der Waals surface area (Å²) in [5.74, 6) is -0.792. The third kappa shape index (κ3) is 4.19. The Balaban J connectivity index is 2.35. The quantitative estimate of drug-likeness (QED) is 0.578. The number of benzene rings is 2. The Kier molecular flexibility index (Phi) is 5.66. The topological polar surface area (TPSA) is 112 Å². The molecule has 10 heteroatoms. The first-order chi connectivity index (χ1) is 13.9. The number of nitrogens with zero attached hydrogens (tertiary/aromatic N) is 1. The number of rotatable bonds is 6. The SMILES string of the molecule is CCOC(=O)c1cc2cc(C)c(NS(C)(=O)=O)cc2n1S(=O)(=O)c1ccc(C)cc1. The first-order valence-corrected chi connectivity index (χ1v) is 12.4. The Morgan fingerprint density at radius 1 is 1.03 bits per heavy atom.